The van der Waals surface area contributed by atoms with Crippen molar-refractivity contribution in [3.05, 3.63) is 41.5 Å². The van der Waals surface area contributed by atoms with Crippen molar-refractivity contribution in [3.63, 3.8) is 0 Å². The Bertz CT molecular complexity index is 684. The van der Waals surface area contributed by atoms with Gasteiger partial charge in [-0.05, 0) is 64.7 Å². The smallest absolute Gasteiger partial charge is 0.0276 e. The molecule has 150 valence electrons. The molecule has 0 N–H and O–H groups in total. The molecule has 2 rings (SSSR count). The Morgan fingerprint density at radius 1 is 1.00 bits per heavy atom. The lowest BCUT2D eigenvalue weighted by Crippen LogP contribution is -2.33. The predicted octanol–water partition coefficient (Wildman–Crippen LogP) is 7.73. The number of nitrogens with zero attached hydrogens (tertiary/aromatic N) is 1. The number of fused-ring (bicyclic) bond motifs is 1. The molecule has 0 amide bonds. The Hall–Kier alpha value is -1.37. The van der Waals surface area contributed by atoms with Crippen molar-refractivity contribution in [2.75, 3.05) is 7.05 Å². The highest BCUT2D eigenvalue weighted by Crippen LogP contribution is 2.46. The molecule has 0 saturated carbocycles. The monoisotopic (exact) mass is 367 g/mol. The SMILES string of the molecule is C=C(CC(=NC)C(CCC)CCC)c1ccc2c(c1)C(C)(C)CCC2(C)C. The van der Waals surface area contributed by atoms with Crippen LogP contribution in [-0.4, -0.2) is 12.8 Å². The highest BCUT2D eigenvalue weighted by molar-refractivity contribution is 5.95. The number of hydrogen-bond donors (Lipinski definition) is 0. The van der Waals surface area contributed by atoms with Crippen molar-refractivity contribution in [1.29, 1.82) is 0 Å². The molecule has 0 fully saturated rings. The minimum absolute atomic E-state index is 0.246. The van der Waals surface area contributed by atoms with Crippen molar-refractivity contribution < 1.29 is 0 Å². The summed E-state index contributed by atoms with van der Waals surface area (Å²) in [6, 6.07) is 7.10. The Morgan fingerprint density at radius 2 is 1.56 bits per heavy atom. The largest absolute Gasteiger partial charge is 0.297 e. The first-order valence-corrected chi connectivity index (χ1v) is 10.9. The van der Waals surface area contributed by atoms with Crippen LogP contribution in [0.1, 0.15) is 103 Å². The zero-order chi connectivity index (χ0) is 20.2. The van der Waals surface area contributed by atoms with Gasteiger partial charge in [-0.1, -0.05) is 79.2 Å². The molecule has 1 nitrogen and oxygen atoms in total. The second kappa shape index (κ2) is 8.76. The van der Waals surface area contributed by atoms with Crippen LogP contribution in [0.25, 0.3) is 5.57 Å². The van der Waals surface area contributed by atoms with Crippen molar-refractivity contribution in [3.8, 4) is 0 Å². The molecule has 0 atom stereocenters. The average molecular weight is 368 g/mol. The molecule has 1 aromatic rings. The van der Waals surface area contributed by atoms with Gasteiger partial charge >= 0.3 is 0 Å². The first-order chi connectivity index (χ1) is 12.7. The van der Waals surface area contributed by atoms with Gasteiger partial charge in [0.15, 0.2) is 0 Å². The number of allylic oxidation sites excluding steroid dienone is 1. The molecule has 1 aromatic carbocycles. The maximum Gasteiger partial charge on any atom is 0.0276 e. The third-order valence-corrected chi connectivity index (χ3v) is 6.69. The Morgan fingerprint density at radius 3 is 2.07 bits per heavy atom. The van der Waals surface area contributed by atoms with Crippen LogP contribution in [0.5, 0.6) is 0 Å². The molecule has 0 aromatic heterocycles. The van der Waals surface area contributed by atoms with E-state index in [1.54, 1.807) is 0 Å². The summed E-state index contributed by atoms with van der Waals surface area (Å²) in [5.74, 6) is 0.606. The van der Waals surface area contributed by atoms with Gasteiger partial charge in [-0.3, -0.25) is 4.99 Å². The summed E-state index contributed by atoms with van der Waals surface area (Å²) >= 11 is 0. The zero-order valence-electron chi connectivity index (χ0n) is 18.9. The molecule has 1 aliphatic carbocycles. The van der Waals surface area contributed by atoms with Crippen LogP contribution in [0.15, 0.2) is 29.8 Å². The Kier molecular flexibility index (Phi) is 7.11. The second-order valence-electron chi connectivity index (χ2n) is 9.80. The van der Waals surface area contributed by atoms with Gasteiger partial charge in [-0.15, -0.1) is 0 Å². The number of benzene rings is 1. The predicted molar refractivity (Wildman–Crippen MR) is 122 cm³/mol. The van der Waals surface area contributed by atoms with E-state index in [1.807, 2.05) is 7.05 Å². The van der Waals surface area contributed by atoms with Crippen molar-refractivity contribution >= 4 is 11.3 Å². The molecule has 0 radical (unpaired) electrons. The van der Waals surface area contributed by atoms with E-state index in [1.165, 1.54) is 66.5 Å². The Labute approximate surface area is 168 Å². The van der Waals surface area contributed by atoms with Gasteiger partial charge in [0, 0.05) is 19.2 Å². The van der Waals surface area contributed by atoms with E-state index in [4.69, 9.17) is 0 Å². The summed E-state index contributed by atoms with van der Waals surface area (Å²) in [7, 11) is 1.96. The fourth-order valence-electron chi connectivity index (χ4n) is 4.71. The van der Waals surface area contributed by atoms with Gasteiger partial charge in [-0.2, -0.15) is 0 Å². The lowest BCUT2D eigenvalue weighted by Gasteiger charge is -2.42. The minimum Gasteiger partial charge on any atom is -0.297 e. The molecule has 0 saturated heterocycles. The second-order valence-corrected chi connectivity index (χ2v) is 9.80. The maximum absolute atomic E-state index is 4.69. The highest BCUT2D eigenvalue weighted by Gasteiger charge is 2.37. The third-order valence-electron chi connectivity index (χ3n) is 6.69. The highest BCUT2D eigenvalue weighted by atomic mass is 14.7. The molecule has 0 spiro atoms. The fourth-order valence-corrected chi connectivity index (χ4v) is 4.71. The van der Waals surface area contributed by atoms with Gasteiger partial charge in [0.2, 0.25) is 0 Å². The first-order valence-electron chi connectivity index (χ1n) is 10.9. The van der Waals surface area contributed by atoms with E-state index in [0.29, 0.717) is 5.92 Å². The molecular weight excluding hydrogens is 326 g/mol. The molecule has 27 heavy (non-hydrogen) atoms. The summed E-state index contributed by atoms with van der Waals surface area (Å²) in [5.41, 5.74) is 7.41. The Balaban J connectivity index is 2.29. The van der Waals surface area contributed by atoms with Crippen molar-refractivity contribution in [2.45, 2.75) is 97.3 Å². The maximum atomic E-state index is 4.69. The lowest BCUT2D eigenvalue weighted by atomic mass is 9.63. The van der Waals surface area contributed by atoms with Crippen LogP contribution >= 0.6 is 0 Å². The van der Waals surface area contributed by atoms with Crippen LogP contribution in [0, 0.1) is 5.92 Å². The zero-order valence-corrected chi connectivity index (χ0v) is 18.9. The minimum atomic E-state index is 0.246. The molecular formula is C26H41N. The van der Waals surface area contributed by atoms with E-state index >= 15 is 0 Å². The van der Waals surface area contributed by atoms with Crippen molar-refractivity contribution in [2.24, 2.45) is 10.9 Å². The summed E-state index contributed by atoms with van der Waals surface area (Å²) in [6.07, 6.45) is 8.33. The van der Waals surface area contributed by atoms with Gasteiger partial charge in [-0.25, -0.2) is 0 Å². The molecule has 1 heteroatoms. The number of aliphatic imine (C=N–C) groups is 1. The van der Waals surface area contributed by atoms with Crippen LogP contribution in [-0.2, 0) is 10.8 Å². The van der Waals surface area contributed by atoms with Crippen LogP contribution in [0.2, 0.25) is 0 Å². The average Bonchev–Trinajstić information content (AvgIpc) is 2.63. The summed E-state index contributed by atoms with van der Waals surface area (Å²) in [4.78, 5) is 4.69. The van der Waals surface area contributed by atoms with Gasteiger partial charge in [0.1, 0.15) is 0 Å². The fraction of sp³-hybridized carbons (Fsp3) is 0.654. The van der Waals surface area contributed by atoms with E-state index in [-0.39, 0.29) is 10.8 Å². The normalized spacial score (nSPS) is 18.4. The van der Waals surface area contributed by atoms with E-state index < -0.39 is 0 Å². The molecule has 0 bridgehead atoms. The quantitative estimate of drug-likeness (QED) is 0.417. The number of hydrogen-bond acceptors (Lipinski definition) is 1. The number of rotatable bonds is 8. The van der Waals surface area contributed by atoms with E-state index in [0.717, 1.165) is 6.42 Å². The topological polar surface area (TPSA) is 12.4 Å². The van der Waals surface area contributed by atoms with Gasteiger partial charge < -0.3 is 0 Å². The van der Waals surface area contributed by atoms with Crippen LogP contribution in [0.3, 0.4) is 0 Å². The molecule has 1 aliphatic rings. The van der Waals surface area contributed by atoms with Crippen LogP contribution < -0.4 is 0 Å². The summed E-state index contributed by atoms with van der Waals surface area (Å²) in [5, 5.41) is 0. The standard InChI is InChI=1S/C26H41N/c1-9-11-20(12-10-2)24(27-8)17-19(3)21-13-14-22-23(18-21)26(6,7)16-15-25(22,4)5/h13-14,18,20H,3,9-12,15-17H2,1-2,4-8H3. The van der Waals surface area contributed by atoms with Gasteiger partial charge in [0.05, 0.1) is 0 Å². The molecule has 0 aliphatic heterocycles. The molecule has 0 heterocycles. The van der Waals surface area contributed by atoms with E-state index in [2.05, 4.69) is 71.3 Å². The lowest BCUT2D eigenvalue weighted by molar-refractivity contribution is 0.332. The third kappa shape index (κ3) is 4.92. The summed E-state index contributed by atoms with van der Waals surface area (Å²) in [6.45, 7) is 18.6. The van der Waals surface area contributed by atoms with Gasteiger partial charge in [0.25, 0.3) is 0 Å². The molecule has 0 unspecified atom stereocenters. The van der Waals surface area contributed by atoms with Crippen molar-refractivity contribution in [1.82, 2.24) is 0 Å². The van der Waals surface area contributed by atoms with E-state index in [9.17, 15) is 0 Å². The summed E-state index contributed by atoms with van der Waals surface area (Å²) < 4.78 is 0. The van der Waals surface area contributed by atoms with Crippen LogP contribution in [0.4, 0.5) is 0 Å². The first kappa shape index (κ1) is 21.9.